The predicted octanol–water partition coefficient (Wildman–Crippen LogP) is 0.843. The first-order chi connectivity index (χ1) is 12.4. The molecule has 3 N–H and O–H groups in total. The van der Waals surface area contributed by atoms with Gasteiger partial charge >= 0.3 is 0 Å². The van der Waals surface area contributed by atoms with E-state index in [1.54, 1.807) is 37.1 Å². The highest BCUT2D eigenvalue weighted by Crippen LogP contribution is 2.27. The molecule has 1 saturated carbocycles. The van der Waals surface area contributed by atoms with Crippen LogP contribution < -0.4 is 11.1 Å². The second kappa shape index (κ2) is 9.35. The summed E-state index contributed by atoms with van der Waals surface area (Å²) in [6.45, 7) is 1.67. The number of carbonyl (C=O) groups is 3. The Kier molecular flexibility index (Phi) is 7.17. The third-order valence-corrected chi connectivity index (χ3v) is 5.02. The molecule has 26 heavy (non-hydrogen) atoms. The highest BCUT2D eigenvalue weighted by molar-refractivity contribution is 5.86. The van der Waals surface area contributed by atoms with Crippen LogP contribution in [0.3, 0.4) is 0 Å². The first-order valence-corrected chi connectivity index (χ1v) is 9.20. The molecule has 8 heteroatoms. The van der Waals surface area contributed by atoms with Gasteiger partial charge in [0.25, 0.3) is 0 Å². The number of primary amides is 1. The zero-order valence-corrected chi connectivity index (χ0v) is 15.6. The summed E-state index contributed by atoms with van der Waals surface area (Å²) in [5, 5.41) is 6.98. The monoisotopic (exact) mass is 363 g/mol. The number of likely N-dealkylation sites (N-methyl/N-ethyl adjacent to an activating group) is 1. The minimum absolute atomic E-state index is 0.0631. The van der Waals surface area contributed by atoms with Crippen LogP contribution in [0.4, 0.5) is 0 Å². The molecule has 0 radical (unpaired) electrons. The average Bonchev–Trinajstić information content (AvgIpc) is 3.14. The van der Waals surface area contributed by atoms with E-state index >= 15 is 0 Å². The summed E-state index contributed by atoms with van der Waals surface area (Å²) in [4.78, 5) is 37.6. The third kappa shape index (κ3) is 5.57. The van der Waals surface area contributed by atoms with Crippen molar-refractivity contribution in [1.29, 1.82) is 0 Å². The highest BCUT2D eigenvalue weighted by atomic mass is 16.2. The van der Waals surface area contributed by atoms with E-state index in [2.05, 4.69) is 10.4 Å². The maximum Gasteiger partial charge on any atom is 0.247 e. The number of hydrogen-bond acceptors (Lipinski definition) is 4. The van der Waals surface area contributed by atoms with Crippen LogP contribution in [0, 0.1) is 5.92 Å². The molecule has 0 saturated heterocycles. The Morgan fingerprint density at radius 2 is 2.00 bits per heavy atom. The molecule has 0 aromatic carbocycles. The molecule has 1 aromatic heterocycles. The number of hydrogen-bond donors (Lipinski definition) is 2. The van der Waals surface area contributed by atoms with Crippen molar-refractivity contribution in [2.75, 3.05) is 13.6 Å². The molecule has 0 spiro atoms. The molecular formula is C18H29N5O3. The van der Waals surface area contributed by atoms with Gasteiger partial charge in [0.05, 0.1) is 6.54 Å². The minimum atomic E-state index is -0.484. The molecule has 1 aliphatic rings. The summed E-state index contributed by atoms with van der Waals surface area (Å²) in [5.74, 6) is -0.625. The number of rotatable bonds is 8. The summed E-state index contributed by atoms with van der Waals surface area (Å²) < 4.78 is 1.55. The molecule has 144 valence electrons. The SMILES string of the molecule is C[C@H](C(=O)N(C)CC(=O)N[C@H](CC(N)=O)C1CCCCC1)n1cccn1. The summed E-state index contributed by atoms with van der Waals surface area (Å²) >= 11 is 0. The normalized spacial score (nSPS) is 17.3. The Morgan fingerprint density at radius 1 is 1.31 bits per heavy atom. The van der Waals surface area contributed by atoms with Crippen LogP contribution >= 0.6 is 0 Å². The van der Waals surface area contributed by atoms with Crippen molar-refractivity contribution in [1.82, 2.24) is 20.0 Å². The Morgan fingerprint density at radius 3 is 2.58 bits per heavy atom. The fourth-order valence-corrected chi connectivity index (χ4v) is 3.58. The fourth-order valence-electron chi connectivity index (χ4n) is 3.58. The van der Waals surface area contributed by atoms with Crippen LogP contribution in [-0.2, 0) is 14.4 Å². The summed E-state index contributed by atoms with van der Waals surface area (Å²) in [6, 6.07) is 1.00. The van der Waals surface area contributed by atoms with Crippen LogP contribution in [0.5, 0.6) is 0 Å². The second-order valence-electron chi connectivity index (χ2n) is 7.10. The standard InChI is InChI=1S/C18H29N5O3/c1-13(23-10-6-9-20-23)18(26)22(2)12-17(25)21-15(11-16(19)24)14-7-4-3-5-8-14/h6,9-10,13-15H,3-5,7-8,11-12H2,1-2H3,(H2,19,24)(H,21,25)/t13-,15-/m1/s1. The Labute approximate surface area is 154 Å². The molecule has 2 atom stereocenters. The molecule has 1 aromatic rings. The van der Waals surface area contributed by atoms with Gasteiger partial charge < -0.3 is 16.0 Å². The lowest BCUT2D eigenvalue weighted by Crippen LogP contribution is -2.48. The number of nitrogens with two attached hydrogens (primary N) is 1. The topological polar surface area (TPSA) is 110 Å². The van der Waals surface area contributed by atoms with Gasteiger partial charge in [-0.15, -0.1) is 0 Å². The second-order valence-corrected chi connectivity index (χ2v) is 7.10. The van der Waals surface area contributed by atoms with Gasteiger partial charge in [-0.25, -0.2) is 0 Å². The van der Waals surface area contributed by atoms with E-state index in [0.717, 1.165) is 25.7 Å². The van der Waals surface area contributed by atoms with Gasteiger partial charge in [0.2, 0.25) is 17.7 Å². The van der Waals surface area contributed by atoms with Gasteiger partial charge in [-0.2, -0.15) is 5.10 Å². The number of carbonyl (C=O) groups excluding carboxylic acids is 3. The van der Waals surface area contributed by atoms with Gasteiger partial charge in [-0.3, -0.25) is 19.1 Å². The Hall–Kier alpha value is -2.38. The fraction of sp³-hybridized carbons (Fsp3) is 0.667. The molecule has 1 fully saturated rings. The quantitative estimate of drug-likeness (QED) is 0.713. The lowest BCUT2D eigenvalue weighted by atomic mass is 9.82. The molecule has 0 aliphatic heterocycles. The minimum Gasteiger partial charge on any atom is -0.370 e. The van der Waals surface area contributed by atoms with E-state index in [1.165, 1.54) is 11.3 Å². The van der Waals surface area contributed by atoms with Crippen LogP contribution in [0.2, 0.25) is 0 Å². The molecule has 8 nitrogen and oxygen atoms in total. The van der Waals surface area contributed by atoms with E-state index in [0.29, 0.717) is 0 Å². The van der Waals surface area contributed by atoms with Crippen molar-refractivity contribution in [3.8, 4) is 0 Å². The van der Waals surface area contributed by atoms with Gasteiger partial charge in [0.15, 0.2) is 0 Å². The number of nitrogens with one attached hydrogen (secondary N) is 1. The predicted molar refractivity (Wildman–Crippen MR) is 96.9 cm³/mol. The maximum atomic E-state index is 12.5. The number of aromatic nitrogens is 2. The van der Waals surface area contributed by atoms with Gasteiger partial charge in [-0.05, 0) is 31.7 Å². The van der Waals surface area contributed by atoms with Gasteiger partial charge in [0, 0.05) is 31.9 Å². The van der Waals surface area contributed by atoms with E-state index in [-0.39, 0.29) is 36.7 Å². The largest absolute Gasteiger partial charge is 0.370 e. The molecular weight excluding hydrogens is 334 g/mol. The zero-order chi connectivity index (χ0) is 19.1. The Bertz CT molecular complexity index is 610. The molecule has 2 rings (SSSR count). The molecule has 1 aliphatic carbocycles. The first kappa shape index (κ1) is 19.9. The zero-order valence-electron chi connectivity index (χ0n) is 15.6. The van der Waals surface area contributed by atoms with Crippen molar-refractivity contribution < 1.29 is 14.4 Å². The van der Waals surface area contributed by atoms with Crippen molar-refractivity contribution in [3.63, 3.8) is 0 Å². The highest BCUT2D eigenvalue weighted by Gasteiger charge is 2.28. The van der Waals surface area contributed by atoms with E-state index in [9.17, 15) is 14.4 Å². The van der Waals surface area contributed by atoms with Crippen LogP contribution in [0.1, 0.15) is 51.5 Å². The summed E-state index contributed by atoms with van der Waals surface area (Å²) in [6.07, 6.45) is 8.84. The van der Waals surface area contributed by atoms with Gasteiger partial charge in [-0.1, -0.05) is 19.3 Å². The Balaban J connectivity index is 1.91. The molecule has 0 unspecified atom stereocenters. The first-order valence-electron chi connectivity index (χ1n) is 9.20. The van der Waals surface area contributed by atoms with E-state index in [4.69, 9.17) is 5.73 Å². The summed E-state index contributed by atoms with van der Waals surface area (Å²) in [5.41, 5.74) is 5.35. The number of nitrogens with zero attached hydrogens (tertiary/aromatic N) is 3. The molecule has 1 heterocycles. The average molecular weight is 363 g/mol. The van der Waals surface area contributed by atoms with E-state index < -0.39 is 11.9 Å². The van der Waals surface area contributed by atoms with Crippen LogP contribution in [-0.4, -0.2) is 52.0 Å². The van der Waals surface area contributed by atoms with E-state index in [1.807, 2.05) is 0 Å². The summed E-state index contributed by atoms with van der Waals surface area (Å²) in [7, 11) is 1.59. The molecule has 0 bridgehead atoms. The van der Waals surface area contributed by atoms with Crippen molar-refractivity contribution in [2.24, 2.45) is 11.7 Å². The maximum absolute atomic E-state index is 12.5. The number of amides is 3. The van der Waals surface area contributed by atoms with Crippen molar-refractivity contribution >= 4 is 17.7 Å². The van der Waals surface area contributed by atoms with Gasteiger partial charge in [0.1, 0.15) is 6.04 Å². The lowest BCUT2D eigenvalue weighted by Gasteiger charge is -2.31. The van der Waals surface area contributed by atoms with Crippen molar-refractivity contribution in [2.45, 2.75) is 57.5 Å². The molecule has 3 amide bonds. The smallest absolute Gasteiger partial charge is 0.247 e. The van der Waals surface area contributed by atoms with Crippen molar-refractivity contribution in [3.05, 3.63) is 18.5 Å². The van der Waals surface area contributed by atoms with Crippen LogP contribution in [0.25, 0.3) is 0 Å². The van der Waals surface area contributed by atoms with Crippen LogP contribution in [0.15, 0.2) is 18.5 Å². The lowest BCUT2D eigenvalue weighted by molar-refractivity contribution is -0.137. The third-order valence-electron chi connectivity index (χ3n) is 5.02.